The molecule has 0 saturated heterocycles. The van der Waals surface area contributed by atoms with E-state index >= 15 is 4.39 Å². The Kier molecular flexibility index (Phi) is 6.84. The molecule has 0 aliphatic rings. The van der Waals surface area contributed by atoms with Gasteiger partial charge in [0.05, 0.1) is 16.8 Å². The van der Waals surface area contributed by atoms with Gasteiger partial charge in [0.25, 0.3) is 11.6 Å². The van der Waals surface area contributed by atoms with Crippen LogP contribution in [0.1, 0.15) is 30.5 Å². The van der Waals surface area contributed by atoms with Crippen LogP contribution < -0.4 is 30.2 Å². The third-order valence-electron chi connectivity index (χ3n) is 4.33. The zero-order chi connectivity index (χ0) is 27.5. The monoisotopic (exact) mass is 500 g/mol. The SMILES string of the molecule is [2H]C([2H])([2H])Oc1cc(OC(F)(F)F)ccc1Oc1ccc(C)c(F)c1C(=O)Nc1cc[nH+]c(C(N)=O)c1.[OH-]. The summed E-state index contributed by atoms with van der Waals surface area (Å²) in [5.41, 5.74) is 4.64. The Morgan fingerprint density at radius 2 is 1.80 bits per heavy atom. The van der Waals surface area contributed by atoms with Gasteiger partial charge in [0.15, 0.2) is 17.7 Å². The minimum absolute atomic E-state index is 0. The number of carbonyl (C=O) groups is 2. The number of nitrogens with one attached hydrogen (secondary N) is 2. The molecule has 0 spiro atoms. The van der Waals surface area contributed by atoms with E-state index in [9.17, 15) is 22.8 Å². The first-order valence-electron chi connectivity index (χ1n) is 10.8. The zero-order valence-electron chi connectivity index (χ0n) is 20.7. The van der Waals surface area contributed by atoms with Gasteiger partial charge in [0, 0.05) is 18.2 Å². The number of hydrogen-bond acceptors (Lipinski definition) is 6. The second-order valence-corrected chi connectivity index (χ2v) is 6.74. The molecule has 0 fully saturated rings. The molecule has 1 heterocycles. The van der Waals surface area contributed by atoms with E-state index < -0.39 is 59.6 Å². The number of primary amides is 1. The molecule has 0 radical (unpaired) electrons. The number of methoxy groups -OCH3 is 1. The largest absolute Gasteiger partial charge is 0.870 e. The van der Waals surface area contributed by atoms with Crippen molar-refractivity contribution in [3.8, 4) is 23.0 Å². The number of nitrogens with two attached hydrogens (primary N) is 1. The van der Waals surface area contributed by atoms with Crippen LogP contribution >= 0.6 is 0 Å². The number of amides is 2. The van der Waals surface area contributed by atoms with Crippen LogP contribution in [0.3, 0.4) is 0 Å². The lowest BCUT2D eigenvalue weighted by atomic mass is 10.1. The number of benzene rings is 2. The van der Waals surface area contributed by atoms with Crippen LogP contribution in [0.2, 0.25) is 0 Å². The van der Waals surface area contributed by atoms with E-state index in [4.69, 9.17) is 19.3 Å². The van der Waals surface area contributed by atoms with Crippen molar-refractivity contribution in [1.82, 2.24) is 0 Å². The highest BCUT2D eigenvalue weighted by Crippen LogP contribution is 2.38. The van der Waals surface area contributed by atoms with Gasteiger partial charge >= 0.3 is 12.3 Å². The van der Waals surface area contributed by atoms with Gasteiger partial charge in [-0.1, -0.05) is 6.07 Å². The number of aryl methyl sites for hydroxylation is 1. The van der Waals surface area contributed by atoms with Crippen molar-refractivity contribution < 1.29 is 55.9 Å². The maximum atomic E-state index is 15.1. The molecule has 3 aromatic rings. The second kappa shape index (κ2) is 10.7. The fraction of sp³-hybridized carbons (Fsp3) is 0.136. The van der Waals surface area contributed by atoms with E-state index in [1.165, 1.54) is 37.4 Å². The van der Waals surface area contributed by atoms with E-state index in [0.717, 1.165) is 12.1 Å². The Labute approximate surface area is 200 Å². The molecule has 186 valence electrons. The molecule has 5 N–H and O–H groups in total. The van der Waals surface area contributed by atoms with Crippen LogP contribution in [0.4, 0.5) is 23.2 Å². The molecule has 1 aromatic heterocycles. The van der Waals surface area contributed by atoms with Crippen molar-refractivity contribution in [3.63, 3.8) is 0 Å². The normalized spacial score (nSPS) is 12.3. The summed E-state index contributed by atoms with van der Waals surface area (Å²) in [6.45, 7) is 1.37. The van der Waals surface area contributed by atoms with Crippen molar-refractivity contribution in [1.29, 1.82) is 0 Å². The van der Waals surface area contributed by atoms with Gasteiger partial charge in [-0.25, -0.2) is 9.37 Å². The van der Waals surface area contributed by atoms with Gasteiger partial charge in [0.1, 0.15) is 22.9 Å². The van der Waals surface area contributed by atoms with Gasteiger partial charge in [-0.15, -0.1) is 13.2 Å². The van der Waals surface area contributed by atoms with Crippen LogP contribution in [0, 0.1) is 12.7 Å². The number of anilines is 1. The number of pyridine rings is 1. The molecular weight excluding hydrogens is 478 g/mol. The smallest absolute Gasteiger partial charge is 0.573 e. The highest BCUT2D eigenvalue weighted by atomic mass is 19.4. The Hall–Kier alpha value is -4.39. The average molecular weight is 500 g/mol. The minimum Gasteiger partial charge on any atom is -0.870 e. The summed E-state index contributed by atoms with van der Waals surface area (Å²) >= 11 is 0. The summed E-state index contributed by atoms with van der Waals surface area (Å²) in [7, 11) is -3.10. The fourth-order valence-corrected chi connectivity index (χ4v) is 2.81. The molecule has 9 nitrogen and oxygen atoms in total. The lowest BCUT2D eigenvalue weighted by Gasteiger charge is -2.16. The molecule has 2 amide bonds. The van der Waals surface area contributed by atoms with Crippen molar-refractivity contribution in [2.75, 3.05) is 12.4 Å². The predicted molar refractivity (Wildman–Crippen MR) is 112 cm³/mol. The molecule has 0 atom stereocenters. The number of carbonyl (C=O) groups excluding carboxylic acids is 2. The van der Waals surface area contributed by atoms with Crippen molar-refractivity contribution >= 4 is 17.5 Å². The molecule has 3 rings (SSSR count). The average Bonchev–Trinajstić information content (AvgIpc) is 2.76. The quantitative estimate of drug-likeness (QED) is 0.472. The zero-order valence-corrected chi connectivity index (χ0v) is 17.7. The molecule has 0 bridgehead atoms. The lowest BCUT2D eigenvalue weighted by molar-refractivity contribution is -0.381. The second-order valence-electron chi connectivity index (χ2n) is 6.74. The molecule has 2 aromatic carbocycles. The topological polar surface area (TPSA) is 144 Å². The van der Waals surface area contributed by atoms with E-state index in [2.05, 4.69) is 15.0 Å². The highest BCUT2D eigenvalue weighted by molar-refractivity contribution is 6.07. The van der Waals surface area contributed by atoms with E-state index in [0.29, 0.717) is 6.07 Å². The van der Waals surface area contributed by atoms with Crippen LogP contribution in [0.15, 0.2) is 48.7 Å². The summed E-state index contributed by atoms with van der Waals surface area (Å²) in [5, 5.41) is 2.38. The summed E-state index contributed by atoms with van der Waals surface area (Å²) < 4.78 is 88.8. The van der Waals surface area contributed by atoms with Crippen molar-refractivity contribution in [2.24, 2.45) is 5.73 Å². The number of halogens is 4. The fourth-order valence-electron chi connectivity index (χ4n) is 2.81. The van der Waals surface area contributed by atoms with Gasteiger partial charge < -0.3 is 30.7 Å². The third-order valence-corrected chi connectivity index (χ3v) is 4.33. The first-order chi connectivity index (χ1) is 17.1. The van der Waals surface area contributed by atoms with Crippen molar-refractivity contribution in [2.45, 2.75) is 13.3 Å². The van der Waals surface area contributed by atoms with E-state index in [1.54, 1.807) is 0 Å². The standard InChI is InChI=1S/C22H17F4N3O5.H2O/c1-11-3-5-16(33-15-6-4-13(10-17(15)32-2)34-22(24,25)26)18(19(11)23)21(31)29-12-7-8-28-14(9-12)20(27)30;/h3-10H,1-2H3,(H2,27,30)(H,28,29,31);1H2/i2D3;. The van der Waals surface area contributed by atoms with Crippen LogP contribution in [-0.2, 0) is 0 Å². The minimum atomic E-state index is -5.07. The molecular formula is C22H19F4N3O6. The van der Waals surface area contributed by atoms with Crippen LogP contribution in [-0.4, -0.2) is 30.7 Å². The van der Waals surface area contributed by atoms with Crippen molar-refractivity contribution in [3.05, 3.63) is 71.3 Å². The molecule has 35 heavy (non-hydrogen) atoms. The molecule has 13 heteroatoms. The number of hydrogen-bond donors (Lipinski definition) is 2. The van der Waals surface area contributed by atoms with Gasteiger partial charge in [-0.2, -0.15) is 0 Å². The van der Waals surface area contributed by atoms with Gasteiger partial charge in [0.2, 0.25) is 0 Å². The Morgan fingerprint density at radius 3 is 2.46 bits per heavy atom. The first kappa shape index (κ1) is 22.4. The maximum Gasteiger partial charge on any atom is 0.573 e. The Balaban J connectivity index is 0.00000507. The number of rotatable bonds is 7. The van der Waals surface area contributed by atoms with E-state index in [-0.39, 0.29) is 22.4 Å². The predicted octanol–water partition coefficient (Wildman–Crippen LogP) is 3.82. The molecule has 0 unspecified atom stereocenters. The summed E-state index contributed by atoms with van der Waals surface area (Å²) in [6, 6.07) is 7.34. The Morgan fingerprint density at radius 1 is 1.09 bits per heavy atom. The van der Waals surface area contributed by atoms with Gasteiger partial charge in [-0.3, -0.25) is 9.59 Å². The number of aromatic nitrogens is 1. The molecule has 0 aliphatic carbocycles. The third kappa shape index (κ3) is 6.57. The summed E-state index contributed by atoms with van der Waals surface area (Å²) in [5.74, 6) is -5.21. The molecule has 0 saturated carbocycles. The lowest BCUT2D eigenvalue weighted by Crippen LogP contribution is -2.24. The summed E-state index contributed by atoms with van der Waals surface area (Å²) in [4.78, 5) is 26.9. The number of H-pyrrole nitrogens is 1. The molecule has 0 aliphatic heterocycles. The number of aromatic amines is 1. The summed E-state index contributed by atoms with van der Waals surface area (Å²) in [6.07, 6.45) is -3.77. The number of alkyl halides is 3. The van der Waals surface area contributed by atoms with Crippen LogP contribution in [0.5, 0.6) is 23.0 Å². The Bertz CT molecular complexity index is 1350. The maximum absolute atomic E-state index is 15.1. The highest BCUT2D eigenvalue weighted by Gasteiger charge is 2.31. The number of ether oxygens (including phenoxy) is 3. The first-order valence-corrected chi connectivity index (χ1v) is 9.31. The van der Waals surface area contributed by atoms with E-state index in [1.807, 2.05) is 0 Å². The van der Waals surface area contributed by atoms with Gasteiger partial charge in [-0.05, 0) is 30.7 Å². The van der Waals surface area contributed by atoms with Crippen LogP contribution in [0.25, 0.3) is 0 Å².